The Morgan fingerprint density at radius 2 is 2.16 bits per heavy atom. The summed E-state index contributed by atoms with van der Waals surface area (Å²) in [6, 6.07) is 2.94. The summed E-state index contributed by atoms with van der Waals surface area (Å²) in [5, 5.41) is 0. The van der Waals surface area contributed by atoms with E-state index in [9.17, 15) is 13.6 Å². The van der Waals surface area contributed by atoms with E-state index in [-0.39, 0.29) is 24.1 Å². The number of esters is 1. The van der Waals surface area contributed by atoms with Gasteiger partial charge in [-0.25, -0.2) is 13.6 Å². The van der Waals surface area contributed by atoms with Crippen LogP contribution in [0.5, 0.6) is 11.8 Å². The van der Waals surface area contributed by atoms with Crippen LogP contribution in [0.1, 0.15) is 17.4 Å². The Labute approximate surface area is 106 Å². The highest BCUT2D eigenvalue weighted by Gasteiger charge is 2.15. The molecule has 7 heteroatoms. The Morgan fingerprint density at radius 1 is 1.37 bits per heavy atom. The molecule has 0 unspecified atom stereocenters. The Bertz CT molecular complexity index is 597. The largest absolute Gasteiger partial charge is 0.461 e. The van der Waals surface area contributed by atoms with Crippen LogP contribution in [0, 0.1) is 11.6 Å². The molecule has 0 aliphatic heterocycles. The van der Waals surface area contributed by atoms with E-state index in [4.69, 9.17) is 13.9 Å². The SMILES string of the molecule is CCOC(=O)c1coc(Oc2ccc(F)c(F)c2)n1. The molecule has 0 amide bonds. The van der Waals surface area contributed by atoms with Crippen LogP contribution in [0.15, 0.2) is 28.9 Å². The standard InChI is InChI=1S/C12H9F2NO4/c1-2-17-11(16)10-6-18-12(15-10)19-7-3-4-8(13)9(14)5-7/h3-6H,2H2,1H3. The Morgan fingerprint density at radius 3 is 2.84 bits per heavy atom. The zero-order valence-corrected chi connectivity index (χ0v) is 9.85. The van der Waals surface area contributed by atoms with Gasteiger partial charge in [-0.3, -0.25) is 0 Å². The number of rotatable bonds is 4. The minimum absolute atomic E-state index is 0.00356. The molecule has 0 spiro atoms. The molecule has 100 valence electrons. The van der Waals surface area contributed by atoms with Crippen molar-refractivity contribution in [3.63, 3.8) is 0 Å². The topological polar surface area (TPSA) is 61.6 Å². The van der Waals surface area contributed by atoms with Crippen molar-refractivity contribution in [2.45, 2.75) is 6.92 Å². The average Bonchev–Trinajstić information content (AvgIpc) is 2.83. The second-order valence-electron chi connectivity index (χ2n) is 3.40. The lowest BCUT2D eigenvalue weighted by molar-refractivity contribution is 0.0519. The van der Waals surface area contributed by atoms with Gasteiger partial charge in [0.2, 0.25) is 0 Å². The van der Waals surface area contributed by atoms with E-state index in [0.717, 1.165) is 18.4 Å². The van der Waals surface area contributed by atoms with E-state index in [2.05, 4.69) is 4.98 Å². The number of benzene rings is 1. The van der Waals surface area contributed by atoms with E-state index >= 15 is 0 Å². The Kier molecular flexibility index (Phi) is 3.74. The number of oxazole rings is 1. The lowest BCUT2D eigenvalue weighted by atomic mass is 10.3. The molecule has 0 fully saturated rings. The van der Waals surface area contributed by atoms with Crippen molar-refractivity contribution in [1.82, 2.24) is 4.98 Å². The molecule has 0 saturated carbocycles. The quantitative estimate of drug-likeness (QED) is 0.798. The number of carbonyl (C=O) groups is 1. The fraction of sp³-hybridized carbons (Fsp3) is 0.167. The summed E-state index contributed by atoms with van der Waals surface area (Å²) in [7, 11) is 0. The molecule has 0 saturated heterocycles. The van der Waals surface area contributed by atoms with Crippen molar-refractivity contribution in [2.24, 2.45) is 0 Å². The van der Waals surface area contributed by atoms with Gasteiger partial charge in [-0.2, -0.15) is 4.98 Å². The molecular weight excluding hydrogens is 260 g/mol. The van der Waals surface area contributed by atoms with E-state index in [0.29, 0.717) is 0 Å². The van der Waals surface area contributed by atoms with Crippen LogP contribution in [-0.4, -0.2) is 17.6 Å². The molecule has 0 aliphatic rings. The maximum atomic E-state index is 12.9. The molecule has 0 bridgehead atoms. The maximum Gasteiger partial charge on any atom is 0.399 e. The van der Waals surface area contributed by atoms with Gasteiger partial charge >= 0.3 is 12.0 Å². The summed E-state index contributed by atoms with van der Waals surface area (Å²) in [6.07, 6.45) is 0.779. The van der Waals surface area contributed by atoms with Crippen molar-refractivity contribution in [2.75, 3.05) is 6.61 Å². The van der Waals surface area contributed by atoms with E-state index in [1.807, 2.05) is 0 Å². The molecule has 19 heavy (non-hydrogen) atoms. The molecule has 5 nitrogen and oxygen atoms in total. The summed E-state index contributed by atoms with van der Waals surface area (Å²) < 4.78 is 40.2. The summed E-state index contributed by atoms with van der Waals surface area (Å²) in [5.41, 5.74) is -0.0700. The molecule has 1 aromatic carbocycles. The number of aromatic nitrogens is 1. The monoisotopic (exact) mass is 269 g/mol. The molecule has 0 N–H and O–H groups in total. The minimum Gasteiger partial charge on any atom is -0.461 e. The van der Waals surface area contributed by atoms with Gasteiger partial charge in [-0.15, -0.1) is 0 Å². The third-order valence-corrected chi connectivity index (χ3v) is 2.06. The first-order valence-electron chi connectivity index (χ1n) is 5.35. The van der Waals surface area contributed by atoms with Crippen LogP contribution in [0.4, 0.5) is 8.78 Å². The first-order chi connectivity index (χ1) is 9.10. The van der Waals surface area contributed by atoms with Gasteiger partial charge in [0.1, 0.15) is 12.0 Å². The Balaban J connectivity index is 2.11. The fourth-order valence-corrected chi connectivity index (χ4v) is 1.24. The molecule has 1 aromatic heterocycles. The molecular formula is C12H9F2NO4. The highest BCUT2D eigenvalue weighted by Crippen LogP contribution is 2.22. The lowest BCUT2D eigenvalue weighted by Crippen LogP contribution is -2.04. The number of hydrogen-bond acceptors (Lipinski definition) is 5. The highest BCUT2D eigenvalue weighted by molar-refractivity contribution is 5.86. The zero-order valence-electron chi connectivity index (χ0n) is 9.85. The van der Waals surface area contributed by atoms with Crippen LogP contribution < -0.4 is 4.74 Å². The van der Waals surface area contributed by atoms with Gasteiger partial charge in [0, 0.05) is 6.07 Å². The van der Waals surface area contributed by atoms with E-state index in [1.54, 1.807) is 6.92 Å². The first-order valence-corrected chi connectivity index (χ1v) is 5.35. The smallest absolute Gasteiger partial charge is 0.399 e. The number of carbonyl (C=O) groups excluding carboxylic acids is 1. The van der Waals surface area contributed by atoms with Gasteiger partial charge in [-0.05, 0) is 19.1 Å². The van der Waals surface area contributed by atoms with Crippen molar-refractivity contribution >= 4 is 5.97 Å². The Hall–Kier alpha value is -2.44. The van der Waals surface area contributed by atoms with Gasteiger partial charge < -0.3 is 13.9 Å². The van der Waals surface area contributed by atoms with Crippen molar-refractivity contribution in [1.29, 1.82) is 0 Å². The van der Waals surface area contributed by atoms with E-state index < -0.39 is 17.6 Å². The number of hydrogen-bond donors (Lipinski definition) is 0. The van der Waals surface area contributed by atoms with Crippen molar-refractivity contribution < 1.29 is 27.5 Å². The first kappa shape index (κ1) is 13.0. The lowest BCUT2D eigenvalue weighted by Gasteiger charge is -2.00. The van der Waals surface area contributed by atoms with Crippen LogP contribution in [-0.2, 0) is 4.74 Å². The third kappa shape index (κ3) is 3.06. The molecule has 0 aliphatic carbocycles. The molecule has 0 atom stereocenters. The minimum atomic E-state index is -1.06. The second-order valence-corrected chi connectivity index (χ2v) is 3.40. The summed E-state index contributed by atoms with van der Waals surface area (Å²) >= 11 is 0. The van der Waals surface area contributed by atoms with Crippen molar-refractivity contribution in [3.05, 3.63) is 41.8 Å². The molecule has 1 heterocycles. The normalized spacial score (nSPS) is 10.3. The van der Waals surface area contributed by atoms with Gasteiger partial charge in [-0.1, -0.05) is 0 Å². The van der Waals surface area contributed by atoms with Crippen LogP contribution in [0.3, 0.4) is 0 Å². The second kappa shape index (κ2) is 5.47. The van der Waals surface area contributed by atoms with Crippen LogP contribution in [0.25, 0.3) is 0 Å². The van der Waals surface area contributed by atoms with Crippen LogP contribution in [0.2, 0.25) is 0 Å². The highest BCUT2D eigenvalue weighted by atomic mass is 19.2. The molecule has 2 rings (SSSR count). The van der Waals surface area contributed by atoms with Gasteiger partial charge in [0.25, 0.3) is 0 Å². The van der Waals surface area contributed by atoms with Crippen molar-refractivity contribution in [3.8, 4) is 11.8 Å². The summed E-state index contributed by atoms with van der Waals surface area (Å²) in [6.45, 7) is 1.85. The maximum absolute atomic E-state index is 12.9. The van der Waals surface area contributed by atoms with Gasteiger partial charge in [0.15, 0.2) is 17.3 Å². The third-order valence-electron chi connectivity index (χ3n) is 2.06. The van der Waals surface area contributed by atoms with Gasteiger partial charge in [0.05, 0.1) is 6.61 Å². The number of ether oxygens (including phenoxy) is 2. The average molecular weight is 269 g/mol. The predicted octanol–water partition coefficient (Wildman–Crippen LogP) is 2.92. The summed E-state index contributed by atoms with van der Waals surface area (Å²) in [4.78, 5) is 15.0. The fourth-order valence-electron chi connectivity index (χ4n) is 1.24. The summed E-state index contributed by atoms with van der Waals surface area (Å²) in [5.74, 6) is -2.72. The molecule has 2 aromatic rings. The number of halogens is 2. The molecule has 0 radical (unpaired) electrons. The zero-order chi connectivity index (χ0) is 13.8. The predicted molar refractivity (Wildman–Crippen MR) is 58.9 cm³/mol. The number of nitrogens with zero attached hydrogens (tertiary/aromatic N) is 1. The van der Waals surface area contributed by atoms with E-state index in [1.165, 1.54) is 6.07 Å². The van der Waals surface area contributed by atoms with Crippen LogP contribution >= 0.6 is 0 Å².